The minimum absolute atomic E-state index is 0.188. The lowest BCUT2D eigenvalue weighted by Gasteiger charge is -2.04. The van der Waals surface area contributed by atoms with E-state index in [1.807, 2.05) is 24.3 Å². The SMILES string of the molecule is O=C1Nc2ccccc2C1=Cc1ccc(-n2cncn2)c(F)c1. The quantitative estimate of drug-likeness (QED) is 0.741. The van der Waals surface area contributed by atoms with E-state index in [0.717, 1.165) is 11.3 Å². The number of hydrogen-bond donors (Lipinski definition) is 1. The first-order valence-electron chi connectivity index (χ1n) is 6.99. The Balaban J connectivity index is 1.75. The molecule has 23 heavy (non-hydrogen) atoms. The molecule has 1 aliphatic rings. The summed E-state index contributed by atoms with van der Waals surface area (Å²) in [4.78, 5) is 15.9. The smallest absolute Gasteiger partial charge is 0.256 e. The third-order valence-corrected chi connectivity index (χ3v) is 3.66. The second-order valence-corrected chi connectivity index (χ2v) is 5.11. The third-order valence-electron chi connectivity index (χ3n) is 3.66. The van der Waals surface area contributed by atoms with Gasteiger partial charge in [0, 0.05) is 16.8 Å². The molecule has 1 N–H and O–H groups in total. The number of nitrogens with one attached hydrogen (secondary N) is 1. The van der Waals surface area contributed by atoms with Gasteiger partial charge in [-0.15, -0.1) is 0 Å². The highest BCUT2D eigenvalue weighted by Gasteiger charge is 2.23. The number of nitrogens with zero attached hydrogens (tertiary/aromatic N) is 3. The Morgan fingerprint density at radius 3 is 2.83 bits per heavy atom. The van der Waals surface area contributed by atoms with Crippen molar-refractivity contribution in [1.82, 2.24) is 14.8 Å². The van der Waals surface area contributed by atoms with Crippen molar-refractivity contribution in [3.05, 3.63) is 72.1 Å². The normalized spacial score (nSPS) is 14.8. The molecule has 3 aromatic rings. The van der Waals surface area contributed by atoms with Gasteiger partial charge in [-0.3, -0.25) is 4.79 Å². The third kappa shape index (κ3) is 2.30. The Labute approximate surface area is 131 Å². The molecule has 0 unspecified atom stereocenters. The van der Waals surface area contributed by atoms with Crippen molar-refractivity contribution in [2.45, 2.75) is 0 Å². The molecule has 5 nitrogen and oxygen atoms in total. The summed E-state index contributed by atoms with van der Waals surface area (Å²) in [5.41, 5.74) is 3.02. The minimum Gasteiger partial charge on any atom is -0.321 e. The van der Waals surface area contributed by atoms with Crippen LogP contribution >= 0.6 is 0 Å². The molecule has 2 aromatic carbocycles. The van der Waals surface area contributed by atoms with Gasteiger partial charge in [0.2, 0.25) is 0 Å². The van der Waals surface area contributed by atoms with Gasteiger partial charge in [-0.1, -0.05) is 24.3 Å². The predicted octanol–water partition coefficient (Wildman–Crippen LogP) is 2.90. The van der Waals surface area contributed by atoms with Crippen molar-refractivity contribution in [2.24, 2.45) is 0 Å². The highest BCUT2D eigenvalue weighted by molar-refractivity contribution is 6.34. The maximum atomic E-state index is 14.3. The Bertz CT molecular complexity index is 932. The van der Waals surface area contributed by atoms with Gasteiger partial charge < -0.3 is 5.32 Å². The standard InChI is InChI=1S/C17H11FN4O/c18-14-8-11(5-6-16(14)22-10-19-9-20-22)7-13-12-3-1-2-4-15(12)21-17(13)23/h1-10H,(H,21,23). The second-order valence-electron chi connectivity index (χ2n) is 5.11. The molecule has 0 spiro atoms. The molecule has 0 fully saturated rings. The van der Waals surface area contributed by atoms with Crippen molar-refractivity contribution < 1.29 is 9.18 Å². The lowest BCUT2D eigenvalue weighted by molar-refractivity contribution is -0.110. The molecule has 0 atom stereocenters. The van der Waals surface area contributed by atoms with Crippen LogP contribution in [-0.4, -0.2) is 20.7 Å². The van der Waals surface area contributed by atoms with Gasteiger partial charge in [-0.25, -0.2) is 14.1 Å². The summed E-state index contributed by atoms with van der Waals surface area (Å²) in [7, 11) is 0. The number of para-hydroxylation sites is 1. The van der Waals surface area contributed by atoms with Crippen molar-refractivity contribution in [1.29, 1.82) is 0 Å². The first-order chi connectivity index (χ1) is 11.2. The van der Waals surface area contributed by atoms with Gasteiger partial charge in [-0.05, 0) is 29.8 Å². The number of aromatic nitrogens is 3. The zero-order valence-corrected chi connectivity index (χ0v) is 11.9. The Morgan fingerprint density at radius 1 is 1.17 bits per heavy atom. The van der Waals surface area contributed by atoms with Crippen LogP contribution in [0.4, 0.5) is 10.1 Å². The second kappa shape index (κ2) is 5.17. The molecule has 0 saturated heterocycles. The van der Waals surface area contributed by atoms with E-state index in [4.69, 9.17) is 0 Å². The van der Waals surface area contributed by atoms with Crippen LogP contribution in [0.25, 0.3) is 17.3 Å². The minimum atomic E-state index is -0.434. The Kier molecular flexibility index (Phi) is 3.01. The first kappa shape index (κ1) is 13.4. The summed E-state index contributed by atoms with van der Waals surface area (Å²) < 4.78 is 15.6. The van der Waals surface area contributed by atoms with Gasteiger partial charge in [0.15, 0.2) is 0 Å². The number of benzene rings is 2. The van der Waals surface area contributed by atoms with Gasteiger partial charge >= 0.3 is 0 Å². The number of anilines is 1. The first-order valence-corrected chi connectivity index (χ1v) is 6.99. The van der Waals surface area contributed by atoms with E-state index in [2.05, 4.69) is 15.4 Å². The lowest BCUT2D eigenvalue weighted by Crippen LogP contribution is -2.03. The molecule has 6 heteroatoms. The van der Waals surface area contributed by atoms with E-state index < -0.39 is 5.82 Å². The Morgan fingerprint density at radius 2 is 2.04 bits per heavy atom. The van der Waals surface area contributed by atoms with Crippen LogP contribution < -0.4 is 5.32 Å². The highest BCUT2D eigenvalue weighted by Crippen LogP contribution is 2.32. The van der Waals surface area contributed by atoms with Crippen LogP contribution in [0.2, 0.25) is 0 Å². The number of carbonyl (C=O) groups excluding carboxylic acids is 1. The lowest BCUT2D eigenvalue weighted by atomic mass is 10.0. The summed E-state index contributed by atoms with van der Waals surface area (Å²) in [5.74, 6) is -0.622. The molecular weight excluding hydrogens is 295 g/mol. The fourth-order valence-electron chi connectivity index (χ4n) is 2.58. The molecule has 1 amide bonds. The van der Waals surface area contributed by atoms with Gasteiger partial charge in [0.1, 0.15) is 24.2 Å². The number of fused-ring (bicyclic) bond motifs is 1. The van der Waals surface area contributed by atoms with E-state index in [1.165, 1.54) is 23.4 Å². The maximum Gasteiger partial charge on any atom is 0.256 e. The van der Waals surface area contributed by atoms with E-state index >= 15 is 0 Å². The molecule has 4 rings (SSSR count). The van der Waals surface area contributed by atoms with E-state index in [0.29, 0.717) is 16.8 Å². The van der Waals surface area contributed by atoms with Gasteiger partial charge in [-0.2, -0.15) is 5.10 Å². The largest absolute Gasteiger partial charge is 0.321 e. The van der Waals surface area contributed by atoms with Gasteiger partial charge in [0.25, 0.3) is 5.91 Å². The number of amides is 1. The predicted molar refractivity (Wildman–Crippen MR) is 84.3 cm³/mol. The summed E-state index contributed by atoms with van der Waals surface area (Å²) >= 11 is 0. The highest BCUT2D eigenvalue weighted by atomic mass is 19.1. The number of hydrogen-bond acceptors (Lipinski definition) is 3. The number of carbonyl (C=O) groups is 1. The maximum absolute atomic E-state index is 14.3. The molecule has 1 aromatic heterocycles. The van der Waals surface area contributed by atoms with Crippen LogP contribution in [0.1, 0.15) is 11.1 Å². The van der Waals surface area contributed by atoms with Crippen LogP contribution in [0, 0.1) is 5.82 Å². The van der Waals surface area contributed by atoms with Crippen molar-refractivity contribution in [2.75, 3.05) is 5.32 Å². The fraction of sp³-hybridized carbons (Fsp3) is 0. The zero-order valence-electron chi connectivity index (χ0n) is 11.9. The van der Waals surface area contributed by atoms with E-state index in [-0.39, 0.29) is 5.91 Å². The average molecular weight is 306 g/mol. The average Bonchev–Trinajstić information content (AvgIpc) is 3.17. The molecular formula is C17H11FN4O. The molecule has 0 radical (unpaired) electrons. The molecule has 0 bridgehead atoms. The van der Waals surface area contributed by atoms with Crippen molar-refractivity contribution >= 4 is 23.2 Å². The van der Waals surface area contributed by atoms with E-state index in [9.17, 15) is 9.18 Å². The summed E-state index contributed by atoms with van der Waals surface area (Å²) in [6.45, 7) is 0. The monoisotopic (exact) mass is 306 g/mol. The summed E-state index contributed by atoms with van der Waals surface area (Å²) in [6, 6.07) is 12.1. The van der Waals surface area contributed by atoms with Gasteiger partial charge in [0.05, 0.1) is 0 Å². The topological polar surface area (TPSA) is 59.8 Å². The number of halogens is 1. The van der Waals surface area contributed by atoms with Crippen molar-refractivity contribution in [3.63, 3.8) is 0 Å². The molecule has 0 aliphatic carbocycles. The summed E-state index contributed by atoms with van der Waals surface area (Å²) in [5, 5.41) is 6.70. The number of rotatable bonds is 2. The zero-order chi connectivity index (χ0) is 15.8. The molecule has 112 valence electrons. The summed E-state index contributed by atoms with van der Waals surface area (Å²) in [6.07, 6.45) is 4.45. The van der Waals surface area contributed by atoms with Crippen LogP contribution in [0.5, 0.6) is 0 Å². The van der Waals surface area contributed by atoms with Crippen molar-refractivity contribution in [3.8, 4) is 5.69 Å². The molecule has 0 saturated carbocycles. The Hall–Kier alpha value is -3.28. The van der Waals surface area contributed by atoms with Crippen LogP contribution in [0.15, 0.2) is 55.1 Å². The van der Waals surface area contributed by atoms with Crippen LogP contribution in [-0.2, 0) is 4.79 Å². The van der Waals surface area contributed by atoms with E-state index in [1.54, 1.807) is 18.2 Å². The molecule has 1 aliphatic heterocycles. The van der Waals surface area contributed by atoms with Crippen LogP contribution in [0.3, 0.4) is 0 Å². The fourth-order valence-corrected chi connectivity index (χ4v) is 2.58. The molecule has 2 heterocycles.